The second kappa shape index (κ2) is 18.3. The van der Waals surface area contributed by atoms with E-state index >= 15 is 0 Å². The van der Waals surface area contributed by atoms with Crippen molar-refractivity contribution in [2.24, 2.45) is 5.92 Å². The number of rotatable bonds is 6. The molecule has 52 heavy (non-hydrogen) atoms. The minimum Gasteiger partial charge on any atom is -0.494 e. The maximum absolute atomic E-state index is 13.9. The Kier molecular flexibility index (Phi) is 13.9. The van der Waals surface area contributed by atoms with Crippen molar-refractivity contribution in [2.75, 3.05) is 33.3 Å². The fourth-order valence-electron chi connectivity index (χ4n) is 5.54. The molecule has 1 aliphatic rings. The SMILES string of the molecule is CCOc1ccc(C(=O)N2CCN(C)C(=O)[C@@H](C)NC(=O)[C@H](C(C)C)NC(=O)[C@H](C)NC(=O)c3csc(n3)[C@H](Cc3ccccc3)NC(=O)C2)cc1. The molecule has 0 fully saturated rings. The molecular weight excluding hydrogens is 687 g/mol. The molecule has 15 heteroatoms. The van der Waals surface area contributed by atoms with Gasteiger partial charge in [-0.25, -0.2) is 4.98 Å². The van der Waals surface area contributed by atoms with Crippen molar-refractivity contribution < 1.29 is 33.5 Å². The fraction of sp³-hybridized carbons (Fsp3) is 0.432. The Balaban J connectivity index is 1.69. The van der Waals surface area contributed by atoms with Crippen LogP contribution in [0, 0.1) is 5.92 Å². The van der Waals surface area contributed by atoms with E-state index in [9.17, 15) is 28.8 Å². The van der Waals surface area contributed by atoms with E-state index in [1.54, 1.807) is 50.5 Å². The summed E-state index contributed by atoms with van der Waals surface area (Å²) >= 11 is 1.18. The Bertz CT molecular complexity index is 1730. The van der Waals surface area contributed by atoms with Crippen LogP contribution in [0.3, 0.4) is 0 Å². The summed E-state index contributed by atoms with van der Waals surface area (Å²) in [6.07, 6.45) is 0.347. The van der Waals surface area contributed by atoms with Crippen molar-refractivity contribution in [2.45, 2.75) is 65.2 Å². The molecule has 4 atom stereocenters. The van der Waals surface area contributed by atoms with E-state index in [1.165, 1.54) is 35.0 Å². The first-order valence-electron chi connectivity index (χ1n) is 17.2. The first kappa shape index (κ1) is 39.5. The molecule has 2 bridgehead atoms. The Hall–Kier alpha value is -5.31. The number of thiazole rings is 1. The summed E-state index contributed by atoms with van der Waals surface area (Å²) in [7, 11) is 1.54. The first-order valence-corrected chi connectivity index (χ1v) is 18.1. The van der Waals surface area contributed by atoms with E-state index in [2.05, 4.69) is 26.3 Å². The maximum Gasteiger partial charge on any atom is 0.271 e. The lowest BCUT2D eigenvalue weighted by molar-refractivity contribution is -0.136. The van der Waals surface area contributed by atoms with Crippen LogP contribution >= 0.6 is 11.3 Å². The Labute approximate surface area is 307 Å². The zero-order valence-electron chi connectivity index (χ0n) is 30.3. The van der Waals surface area contributed by atoms with E-state index in [0.29, 0.717) is 29.3 Å². The second-order valence-corrected chi connectivity index (χ2v) is 13.9. The van der Waals surface area contributed by atoms with Crippen molar-refractivity contribution in [3.63, 3.8) is 0 Å². The van der Waals surface area contributed by atoms with Gasteiger partial charge in [0.15, 0.2) is 0 Å². The lowest BCUT2D eigenvalue weighted by Crippen LogP contribution is -2.57. The Morgan fingerprint density at radius 3 is 2.25 bits per heavy atom. The van der Waals surface area contributed by atoms with E-state index in [4.69, 9.17) is 4.74 Å². The summed E-state index contributed by atoms with van der Waals surface area (Å²) < 4.78 is 5.51. The van der Waals surface area contributed by atoms with Crippen LogP contribution in [0.2, 0.25) is 0 Å². The molecule has 0 saturated heterocycles. The third-order valence-electron chi connectivity index (χ3n) is 8.50. The summed E-state index contributed by atoms with van der Waals surface area (Å²) in [6.45, 7) is 8.54. The molecule has 2 aromatic carbocycles. The maximum atomic E-state index is 13.9. The van der Waals surface area contributed by atoms with Gasteiger partial charge < -0.3 is 35.8 Å². The highest BCUT2D eigenvalue weighted by Crippen LogP contribution is 2.23. The molecule has 4 N–H and O–H groups in total. The zero-order chi connectivity index (χ0) is 37.9. The average Bonchev–Trinajstić information content (AvgIpc) is 3.62. The first-order chi connectivity index (χ1) is 24.8. The summed E-state index contributed by atoms with van der Waals surface area (Å²) in [4.78, 5) is 87.9. The predicted octanol–water partition coefficient (Wildman–Crippen LogP) is 2.32. The van der Waals surface area contributed by atoms with Gasteiger partial charge in [-0.15, -0.1) is 11.3 Å². The summed E-state index contributed by atoms with van der Waals surface area (Å²) in [5.41, 5.74) is 1.28. The van der Waals surface area contributed by atoms with Gasteiger partial charge in [0.1, 0.15) is 34.6 Å². The molecule has 0 aliphatic carbocycles. The van der Waals surface area contributed by atoms with Gasteiger partial charge in [0.2, 0.25) is 23.6 Å². The zero-order valence-corrected chi connectivity index (χ0v) is 31.1. The highest BCUT2D eigenvalue weighted by Gasteiger charge is 2.31. The number of ether oxygens (including phenoxy) is 1. The molecule has 1 aromatic heterocycles. The number of amides is 6. The quantitative estimate of drug-likeness (QED) is 0.298. The topological polar surface area (TPSA) is 179 Å². The molecule has 278 valence electrons. The number of nitrogens with one attached hydrogen (secondary N) is 4. The number of carbonyl (C=O) groups is 6. The average molecular weight is 734 g/mol. The van der Waals surface area contributed by atoms with Gasteiger partial charge >= 0.3 is 0 Å². The van der Waals surface area contributed by atoms with Crippen LogP contribution in [0.4, 0.5) is 0 Å². The Morgan fingerprint density at radius 2 is 1.60 bits per heavy atom. The van der Waals surface area contributed by atoms with Gasteiger partial charge in [-0.3, -0.25) is 28.8 Å². The van der Waals surface area contributed by atoms with Gasteiger partial charge in [-0.05, 0) is 62.9 Å². The van der Waals surface area contributed by atoms with Crippen LogP contribution in [0.1, 0.15) is 72.1 Å². The van der Waals surface area contributed by atoms with Crippen molar-refractivity contribution in [3.8, 4) is 5.75 Å². The highest BCUT2D eigenvalue weighted by molar-refractivity contribution is 7.09. The summed E-state index contributed by atoms with van der Waals surface area (Å²) in [5, 5.41) is 13.0. The molecular formula is C37H47N7O7S. The second-order valence-electron chi connectivity index (χ2n) is 13.0. The molecule has 4 rings (SSSR count). The van der Waals surface area contributed by atoms with Crippen molar-refractivity contribution in [1.29, 1.82) is 0 Å². The third-order valence-corrected chi connectivity index (χ3v) is 9.46. The molecule has 3 aromatic rings. The largest absolute Gasteiger partial charge is 0.494 e. The molecule has 2 heterocycles. The smallest absolute Gasteiger partial charge is 0.271 e. The fourth-order valence-corrected chi connectivity index (χ4v) is 6.39. The number of nitrogens with zero attached hydrogens (tertiary/aromatic N) is 3. The van der Waals surface area contributed by atoms with E-state index < -0.39 is 59.6 Å². The third kappa shape index (κ3) is 10.6. The van der Waals surface area contributed by atoms with Crippen molar-refractivity contribution in [3.05, 3.63) is 81.8 Å². The number of likely N-dealkylation sites (N-methyl/N-ethyl adjacent to an activating group) is 1. The number of fused-ring (bicyclic) bond motifs is 2. The monoisotopic (exact) mass is 733 g/mol. The molecule has 0 spiro atoms. The van der Waals surface area contributed by atoms with Crippen LogP contribution < -0.4 is 26.0 Å². The van der Waals surface area contributed by atoms with Gasteiger partial charge in [0.25, 0.3) is 11.8 Å². The molecule has 0 unspecified atom stereocenters. The predicted molar refractivity (Wildman–Crippen MR) is 196 cm³/mol. The number of hydrogen-bond acceptors (Lipinski definition) is 9. The van der Waals surface area contributed by atoms with Gasteiger partial charge in [-0.2, -0.15) is 0 Å². The standard InChI is InChI=1S/C37H47N7O7S/c1-7-51-27-15-13-26(14-16-27)37(50)44-18-17-43(6)36(49)24(5)39-34(48)31(22(2)3)42-32(46)23(4)38-33(47)29-21-52-35(41-29)28(40-30(45)20-44)19-25-11-9-8-10-12-25/h8-16,21-24,28,31H,7,17-20H2,1-6H3,(H,38,47)(H,39,48)(H,40,45)(H,42,46)/t23-,24+,28-,31-/m0/s1. The van der Waals surface area contributed by atoms with Crippen LogP contribution in [0.5, 0.6) is 5.75 Å². The molecule has 1 aliphatic heterocycles. The molecule has 0 radical (unpaired) electrons. The van der Waals surface area contributed by atoms with Crippen LogP contribution in [-0.2, 0) is 25.6 Å². The minimum absolute atomic E-state index is 0.00411. The molecule has 14 nitrogen and oxygen atoms in total. The highest BCUT2D eigenvalue weighted by atomic mass is 32.1. The number of carbonyl (C=O) groups excluding carboxylic acids is 6. The number of benzene rings is 2. The number of hydrogen-bond donors (Lipinski definition) is 4. The lowest BCUT2D eigenvalue weighted by Gasteiger charge is -2.29. The van der Waals surface area contributed by atoms with Crippen LogP contribution in [0.25, 0.3) is 0 Å². The normalized spacial score (nSPS) is 21.4. The van der Waals surface area contributed by atoms with Gasteiger partial charge in [0, 0.05) is 31.1 Å². The molecule has 6 amide bonds. The van der Waals surface area contributed by atoms with Crippen molar-refractivity contribution in [1.82, 2.24) is 36.1 Å². The molecule has 0 saturated carbocycles. The van der Waals surface area contributed by atoms with Crippen LogP contribution in [-0.4, -0.2) is 102 Å². The van der Waals surface area contributed by atoms with Gasteiger partial charge in [-0.1, -0.05) is 44.2 Å². The Morgan fingerprint density at radius 1 is 0.904 bits per heavy atom. The summed E-state index contributed by atoms with van der Waals surface area (Å²) in [5.74, 6) is -2.87. The number of aromatic nitrogens is 1. The van der Waals surface area contributed by atoms with Crippen molar-refractivity contribution >= 4 is 46.8 Å². The van der Waals surface area contributed by atoms with Crippen LogP contribution in [0.15, 0.2) is 60.0 Å². The van der Waals surface area contributed by atoms with E-state index in [1.807, 2.05) is 37.3 Å². The van der Waals surface area contributed by atoms with E-state index in [0.717, 1.165) is 5.56 Å². The minimum atomic E-state index is -1.02. The summed E-state index contributed by atoms with van der Waals surface area (Å²) in [6, 6.07) is 12.4. The van der Waals surface area contributed by atoms with Gasteiger partial charge in [0.05, 0.1) is 19.2 Å². The lowest BCUT2D eigenvalue weighted by atomic mass is 10.0. The van der Waals surface area contributed by atoms with E-state index in [-0.39, 0.29) is 31.2 Å².